The highest BCUT2D eigenvalue weighted by molar-refractivity contribution is 5.74. The van der Waals surface area contributed by atoms with Crippen molar-refractivity contribution < 1.29 is 19.4 Å². The average molecular weight is 310 g/mol. The maximum atomic E-state index is 12.5. The molecule has 22 heavy (non-hydrogen) atoms. The monoisotopic (exact) mass is 310 g/mol. The molecule has 0 aromatic rings. The maximum absolute atomic E-state index is 12.5. The predicted molar refractivity (Wildman–Crippen MR) is 84.5 cm³/mol. The molecular formula is C18H30O4. The van der Waals surface area contributed by atoms with Crippen molar-refractivity contribution in [3.8, 4) is 0 Å². The summed E-state index contributed by atoms with van der Waals surface area (Å²) in [5.74, 6) is -0.844. The molecule has 2 rings (SSSR count). The molecule has 0 aromatic heterocycles. The number of hydrogen-bond acceptors (Lipinski definition) is 3. The highest BCUT2D eigenvalue weighted by Crippen LogP contribution is 2.44. The van der Waals surface area contributed by atoms with Crippen molar-refractivity contribution in [3.05, 3.63) is 0 Å². The van der Waals surface area contributed by atoms with E-state index in [0.717, 1.165) is 25.7 Å². The molecule has 4 heteroatoms. The van der Waals surface area contributed by atoms with Crippen LogP contribution < -0.4 is 0 Å². The second kappa shape index (κ2) is 7.98. The second-order valence-electron chi connectivity index (χ2n) is 7.21. The Kier molecular flexibility index (Phi) is 6.27. The van der Waals surface area contributed by atoms with E-state index in [-0.39, 0.29) is 23.9 Å². The van der Waals surface area contributed by atoms with Crippen molar-refractivity contribution >= 4 is 11.9 Å². The van der Waals surface area contributed by atoms with Gasteiger partial charge in [-0.25, -0.2) is 0 Å². The third kappa shape index (κ3) is 4.47. The van der Waals surface area contributed by atoms with Gasteiger partial charge < -0.3 is 9.84 Å². The lowest BCUT2D eigenvalue weighted by Gasteiger charge is -2.45. The number of aliphatic carboxylic acids is 1. The molecule has 0 radical (unpaired) electrons. The summed E-state index contributed by atoms with van der Waals surface area (Å²) in [5, 5.41) is 8.77. The number of esters is 1. The Morgan fingerprint density at radius 3 is 2.27 bits per heavy atom. The molecule has 2 saturated carbocycles. The fourth-order valence-corrected chi connectivity index (χ4v) is 4.13. The fraction of sp³-hybridized carbons (Fsp3) is 0.889. The molecule has 0 spiro atoms. The van der Waals surface area contributed by atoms with Gasteiger partial charge >= 0.3 is 11.9 Å². The first-order valence-corrected chi connectivity index (χ1v) is 8.98. The summed E-state index contributed by atoms with van der Waals surface area (Å²) in [4.78, 5) is 23.1. The summed E-state index contributed by atoms with van der Waals surface area (Å²) < 4.78 is 6.08. The number of carbonyl (C=O) groups excluding carboxylic acids is 1. The van der Waals surface area contributed by atoms with E-state index in [1.54, 1.807) is 6.92 Å². The van der Waals surface area contributed by atoms with Crippen LogP contribution in [0.5, 0.6) is 0 Å². The van der Waals surface area contributed by atoms with Crippen molar-refractivity contribution in [2.75, 3.05) is 0 Å². The molecule has 2 aliphatic rings. The number of hydrogen-bond donors (Lipinski definition) is 1. The number of carboxylic acid groups (broad SMARTS) is 1. The first kappa shape index (κ1) is 17.3. The van der Waals surface area contributed by atoms with Gasteiger partial charge in [0.2, 0.25) is 0 Å². The van der Waals surface area contributed by atoms with E-state index in [4.69, 9.17) is 9.84 Å². The molecule has 2 aliphatic carbocycles. The van der Waals surface area contributed by atoms with Crippen LogP contribution in [0.2, 0.25) is 0 Å². The maximum Gasteiger partial charge on any atom is 0.309 e. The zero-order valence-corrected chi connectivity index (χ0v) is 13.8. The average Bonchev–Trinajstić information content (AvgIpc) is 2.54. The Morgan fingerprint density at radius 1 is 1.09 bits per heavy atom. The summed E-state index contributed by atoms with van der Waals surface area (Å²) in [6.07, 6.45) is 12.1. The Hall–Kier alpha value is -1.06. The Morgan fingerprint density at radius 2 is 1.68 bits per heavy atom. The van der Waals surface area contributed by atoms with Gasteiger partial charge in [-0.15, -0.1) is 0 Å². The number of ether oxygens (including phenoxy) is 1. The van der Waals surface area contributed by atoms with E-state index in [2.05, 4.69) is 0 Å². The minimum Gasteiger partial charge on any atom is -0.481 e. The van der Waals surface area contributed by atoms with Crippen molar-refractivity contribution in [3.63, 3.8) is 0 Å². The van der Waals surface area contributed by atoms with Gasteiger partial charge in [0.15, 0.2) is 0 Å². The van der Waals surface area contributed by atoms with Crippen molar-refractivity contribution in [1.29, 1.82) is 0 Å². The Balaban J connectivity index is 1.99. The molecular weight excluding hydrogens is 280 g/mol. The van der Waals surface area contributed by atoms with Gasteiger partial charge in [0, 0.05) is 6.42 Å². The molecule has 2 fully saturated rings. The molecule has 1 N–H and O–H groups in total. The van der Waals surface area contributed by atoms with E-state index < -0.39 is 5.97 Å². The van der Waals surface area contributed by atoms with Crippen LogP contribution in [0.1, 0.15) is 84.0 Å². The van der Waals surface area contributed by atoms with Gasteiger partial charge in [-0.3, -0.25) is 9.59 Å². The molecule has 0 aromatic carbocycles. The zero-order chi connectivity index (χ0) is 16.0. The van der Waals surface area contributed by atoms with Crippen LogP contribution in [0.4, 0.5) is 0 Å². The quantitative estimate of drug-likeness (QED) is 0.742. The molecule has 0 saturated heterocycles. The number of carboxylic acids is 1. The Labute approximate surface area is 133 Å². The van der Waals surface area contributed by atoms with E-state index in [1.807, 2.05) is 0 Å². The van der Waals surface area contributed by atoms with Gasteiger partial charge in [-0.05, 0) is 50.9 Å². The third-order valence-electron chi connectivity index (χ3n) is 5.55. The van der Waals surface area contributed by atoms with E-state index >= 15 is 0 Å². The highest BCUT2D eigenvalue weighted by Gasteiger charge is 2.43. The summed E-state index contributed by atoms with van der Waals surface area (Å²) >= 11 is 0. The summed E-state index contributed by atoms with van der Waals surface area (Å²) in [6.45, 7) is 1.79. The van der Waals surface area contributed by atoms with Crippen LogP contribution in [-0.4, -0.2) is 22.6 Å². The molecule has 0 amide bonds. The summed E-state index contributed by atoms with van der Waals surface area (Å²) in [5.41, 5.74) is -0.257. The molecule has 0 bridgehead atoms. The van der Waals surface area contributed by atoms with Gasteiger partial charge in [0.25, 0.3) is 0 Å². The van der Waals surface area contributed by atoms with Crippen molar-refractivity contribution in [2.45, 2.75) is 89.6 Å². The van der Waals surface area contributed by atoms with Crippen molar-refractivity contribution in [2.24, 2.45) is 11.8 Å². The van der Waals surface area contributed by atoms with Crippen LogP contribution >= 0.6 is 0 Å². The predicted octanol–water partition coefficient (Wildman–Crippen LogP) is 4.31. The first-order chi connectivity index (χ1) is 10.5. The fourth-order valence-electron chi connectivity index (χ4n) is 4.13. The largest absolute Gasteiger partial charge is 0.481 e. The van der Waals surface area contributed by atoms with Crippen LogP contribution in [0.15, 0.2) is 0 Å². The molecule has 1 unspecified atom stereocenters. The topological polar surface area (TPSA) is 63.6 Å². The standard InChI is InChI=1S/C18H30O4/c1-14(10-11-16(19)20)17(21)22-18(12-6-3-7-13-18)15-8-4-2-5-9-15/h14-15H,2-13H2,1H3,(H,19,20). The summed E-state index contributed by atoms with van der Waals surface area (Å²) in [7, 11) is 0. The molecule has 0 heterocycles. The lowest BCUT2D eigenvalue weighted by Crippen LogP contribution is -2.46. The zero-order valence-electron chi connectivity index (χ0n) is 13.8. The van der Waals surface area contributed by atoms with E-state index in [0.29, 0.717) is 12.3 Å². The molecule has 126 valence electrons. The molecule has 4 nitrogen and oxygen atoms in total. The minimum absolute atomic E-state index is 0.0344. The molecule has 1 atom stereocenters. The minimum atomic E-state index is -0.848. The highest BCUT2D eigenvalue weighted by atomic mass is 16.6. The van der Waals surface area contributed by atoms with Crippen LogP contribution in [0.3, 0.4) is 0 Å². The SMILES string of the molecule is CC(CCC(=O)O)C(=O)OC1(C2CCCCC2)CCCCC1. The van der Waals surface area contributed by atoms with Crippen LogP contribution in [0, 0.1) is 11.8 Å². The first-order valence-electron chi connectivity index (χ1n) is 8.98. The van der Waals surface area contributed by atoms with Gasteiger partial charge in [0.1, 0.15) is 5.60 Å². The number of rotatable bonds is 6. The number of carbonyl (C=O) groups is 2. The normalized spacial score (nSPS) is 23.7. The van der Waals surface area contributed by atoms with Gasteiger partial charge in [-0.1, -0.05) is 32.6 Å². The lowest BCUT2D eigenvalue weighted by atomic mass is 9.69. The van der Waals surface area contributed by atoms with E-state index in [9.17, 15) is 9.59 Å². The Bertz CT molecular complexity index is 379. The lowest BCUT2D eigenvalue weighted by molar-refractivity contribution is -0.178. The van der Waals surface area contributed by atoms with Crippen LogP contribution in [0.25, 0.3) is 0 Å². The third-order valence-corrected chi connectivity index (χ3v) is 5.55. The molecule has 0 aliphatic heterocycles. The smallest absolute Gasteiger partial charge is 0.309 e. The summed E-state index contributed by atoms with van der Waals surface area (Å²) in [6, 6.07) is 0. The van der Waals surface area contributed by atoms with Crippen LogP contribution in [-0.2, 0) is 14.3 Å². The van der Waals surface area contributed by atoms with Crippen molar-refractivity contribution in [1.82, 2.24) is 0 Å². The van der Waals surface area contributed by atoms with Gasteiger partial charge in [0.05, 0.1) is 5.92 Å². The second-order valence-corrected chi connectivity index (χ2v) is 7.21. The van der Waals surface area contributed by atoms with E-state index in [1.165, 1.54) is 38.5 Å². The van der Waals surface area contributed by atoms with Gasteiger partial charge in [-0.2, -0.15) is 0 Å².